The number of aliphatic hydroxyl groups is 1. The molecule has 0 aromatic heterocycles. The second-order valence-electron chi connectivity index (χ2n) is 6.91. The molecule has 1 aliphatic rings. The maximum absolute atomic E-state index is 13.2. The van der Waals surface area contributed by atoms with E-state index in [0.717, 1.165) is 42.7 Å². The fourth-order valence-electron chi connectivity index (χ4n) is 3.47. The molecule has 2 atom stereocenters. The Kier molecular flexibility index (Phi) is 4.85. The molecule has 0 heterocycles. The Morgan fingerprint density at radius 1 is 1.30 bits per heavy atom. The molecule has 0 bridgehead atoms. The van der Waals surface area contributed by atoms with Gasteiger partial charge in [0, 0.05) is 6.42 Å². The van der Waals surface area contributed by atoms with E-state index in [-0.39, 0.29) is 5.82 Å². The third kappa shape index (κ3) is 3.82. The maximum Gasteiger partial charge on any atom is 0.123 e. The average Bonchev–Trinajstić information content (AvgIpc) is 2.55. The summed E-state index contributed by atoms with van der Waals surface area (Å²) in [7, 11) is 0. The first-order valence-corrected chi connectivity index (χ1v) is 7.87. The molecule has 0 radical (unpaired) electrons. The second kappa shape index (κ2) is 6.26. The molecule has 20 heavy (non-hydrogen) atoms. The van der Waals surface area contributed by atoms with E-state index in [0.29, 0.717) is 12.3 Å². The summed E-state index contributed by atoms with van der Waals surface area (Å²) in [5.74, 6) is 1.24. The summed E-state index contributed by atoms with van der Waals surface area (Å²) in [6.45, 7) is 6.48. The lowest BCUT2D eigenvalue weighted by Gasteiger charge is -2.28. The lowest BCUT2D eigenvalue weighted by atomic mass is 9.84. The second-order valence-corrected chi connectivity index (χ2v) is 6.91. The molecule has 1 nitrogen and oxygen atoms in total. The first-order valence-electron chi connectivity index (χ1n) is 7.87. The Labute approximate surface area is 122 Å². The van der Waals surface area contributed by atoms with E-state index in [9.17, 15) is 9.50 Å². The van der Waals surface area contributed by atoms with E-state index < -0.39 is 5.60 Å². The molecular weight excluding hydrogens is 251 g/mol. The highest BCUT2D eigenvalue weighted by molar-refractivity contribution is 5.28. The smallest absolute Gasteiger partial charge is 0.123 e. The van der Waals surface area contributed by atoms with Gasteiger partial charge in [0.25, 0.3) is 0 Å². The Morgan fingerprint density at radius 2 is 2.05 bits per heavy atom. The maximum atomic E-state index is 13.2. The molecule has 1 aromatic rings. The van der Waals surface area contributed by atoms with Gasteiger partial charge in [-0.3, -0.25) is 0 Å². The van der Waals surface area contributed by atoms with E-state index in [1.54, 1.807) is 6.07 Å². The van der Waals surface area contributed by atoms with Gasteiger partial charge in [0.15, 0.2) is 0 Å². The molecule has 1 N–H and O–H groups in total. The third-order valence-electron chi connectivity index (χ3n) is 4.96. The fourth-order valence-corrected chi connectivity index (χ4v) is 3.47. The fraction of sp³-hybridized carbons (Fsp3) is 0.667. The van der Waals surface area contributed by atoms with E-state index in [1.807, 2.05) is 13.0 Å². The minimum absolute atomic E-state index is 0.195. The first-order chi connectivity index (χ1) is 9.39. The minimum atomic E-state index is -0.605. The summed E-state index contributed by atoms with van der Waals surface area (Å²) in [6.07, 6.45) is 5.82. The van der Waals surface area contributed by atoms with Gasteiger partial charge < -0.3 is 5.11 Å². The molecule has 1 saturated carbocycles. The number of halogens is 1. The zero-order valence-electron chi connectivity index (χ0n) is 13.0. The van der Waals surface area contributed by atoms with Crippen LogP contribution in [0.15, 0.2) is 18.2 Å². The van der Waals surface area contributed by atoms with Crippen LogP contribution in [0.5, 0.6) is 0 Å². The van der Waals surface area contributed by atoms with Crippen molar-refractivity contribution in [1.82, 2.24) is 0 Å². The van der Waals surface area contributed by atoms with Gasteiger partial charge >= 0.3 is 0 Å². The van der Waals surface area contributed by atoms with Gasteiger partial charge in [0.05, 0.1) is 5.60 Å². The SMILES string of the molecule is Cc1cc(F)ccc1CC1(O)CCCC(C(C)C)CC1. The summed E-state index contributed by atoms with van der Waals surface area (Å²) in [5.41, 5.74) is 1.42. The van der Waals surface area contributed by atoms with Crippen molar-refractivity contribution < 1.29 is 9.50 Å². The van der Waals surface area contributed by atoms with Crippen LogP contribution >= 0.6 is 0 Å². The van der Waals surface area contributed by atoms with Gasteiger partial charge in [-0.25, -0.2) is 4.39 Å². The third-order valence-corrected chi connectivity index (χ3v) is 4.96. The van der Waals surface area contributed by atoms with Crippen LogP contribution in [0.4, 0.5) is 4.39 Å². The average molecular weight is 278 g/mol. The molecule has 112 valence electrons. The standard InChI is InChI=1S/C18H27FO/c1-13(2)15-5-4-9-18(20,10-8-15)12-16-6-7-17(19)11-14(16)3/h6-7,11,13,15,20H,4-5,8-10,12H2,1-3H3. The highest BCUT2D eigenvalue weighted by Crippen LogP contribution is 2.36. The lowest BCUT2D eigenvalue weighted by Crippen LogP contribution is -2.31. The Balaban J connectivity index is 2.07. The van der Waals surface area contributed by atoms with Gasteiger partial charge in [0.2, 0.25) is 0 Å². The molecule has 1 aliphatic carbocycles. The van der Waals surface area contributed by atoms with Crippen LogP contribution in [0.2, 0.25) is 0 Å². The van der Waals surface area contributed by atoms with Crippen LogP contribution in [0.25, 0.3) is 0 Å². The van der Waals surface area contributed by atoms with Crippen molar-refractivity contribution in [2.24, 2.45) is 11.8 Å². The zero-order chi connectivity index (χ0) is 14.8. The molecular formula is C18H27FO. The molecule has 0 saturated heterocycles. The number of hydrogen-bond donors (Lipinski definition) is 1. The summed E-state index contributed by atoms with van der Waals surface area (Å²) in [6, 6.07) is 4.89. The summed E-state index contributed by atoms with van der Waals surface area (Å²) >= 11 is 0. The highest BCUT2D eigenvalue weighted by atomic mass is 19.1. The van der Waals surface area contributed by atoms with Crippen molar-refractivity contribution in [2.45, 2.75) is 64.9 Å². The van der Waals surface area contributed by atoms with Crippen molar-refractivity contribution in [3.05, 3.63) is 35.1 Å². The van der Waals surface area contributed by atoms with Gasteiger partial charge in [-0.05, 0) is 61.3 Å². The Bertz CT molecular complexity index is 455. The van der Waals surface area contributed by atoms with Crippen LogP contribution in [-0.2, 0) is 6.42 Å². The van der Waals surface area contributed by atoms with Gasteiger partial charge in [0.1, 0.15) is 5.82 Å². The molecule has 2 rings (SSSR count). The Hall–Kier alpha value is -0.890. The van der Waals surface area contributed by atoms with Crippen molar-refractivity contribution >= 4 is 0 Å². The normalized spacial score (nSPS) is 27.6. The summed E-state index contributed by atoms with van der Waals surface area (Å²) in [4.78, 5) is 0. The molecule has 1 aromatic carbocycles. The molecule has 2 unspecified atom stereocenters. The predicted molar refractivity (Wildman–Crippen MR) is 81.2 cm³/mol. The lowest BCUT2D eigenvalue weighted by molar-refractivity contribution is 0.0235. The summed E-state index contributed by atoms with van der Waals surface area (Å²) < 4.78 is 13.2. The molecule has 0 spiro atoms. The van der Waals surface area contributed by atoms with Crippen LogP contribution in [0, 0.1) is 24.6 Å². The van der Waals surface area contributed by atoms with Crippen LogP contribution < -0.4 is 0 Å². The van der Waals surface area contributed by atoms with Crippen molar-refractivity contribution in [2.75, 3.05) is 0 Å². The monoisotopic (exact) mass is 278 g/mol. The molecule has 2 heteroatoms. The zero-order valence-corrected chi connectivity index (χ0v) is 13.0. The van der Waals surface area contributed by atoms with E-state index in [2.05, 4.69) is 13.8 Å². The Morgan fingerprint density at radius 3 is 2.70 bits per heavy atom. The van der Waals surface area contributed by atoms with Gasteiger partial charge in [-0.1, -0.05) is 32.8 Å². The number of aryl methyl sites for hydroxylation is 1. The van der Waals surface area contributed by atoms with E-state index >= 15 is 0 Å². The highest BCUT2D eigenvalue weighted by Gasteiger charge is 2.32. The predicted octanol–water partition coefficient (Wildman–Crippen LogP) is 4.64. The van der Waals surface area contributed by atoms with Gasteiger partial charge in [-0.2, -0.15) is 0 Å². The van der Waals surface area contributed by atoms with Gasteiger partial charge in [-0.15, -0.1) is 0 Å². The number of benzene rings is 1. The minimum Gasteiger partial charge on any atom is -0.390 e. The topological polar surface area (TPSA) is 20.2 Å². The molecule has 0 amide bonds. The first kappa shape index (κ1) is 15.5. The summed E-state index contributed by atoms with van der Waals surface area (Å²) in [5, 5.41) is 10.9. The van der Waals surface area contributed by atoms with Crippen molar-refractivity contribution in [1.29, 1.82) is 0 Å². The number of hydrogen-bond acceptors (Lipinski definition) is 1. The molecule has 0 aliphatic heterocycles. The van der Waals surface area contributed by atoms with Crippen LogP contribution in [0.1, 0.15) is 57.1 Å². The largest absolute Gasteiger partial charge is 0.390 e. The van der Waals surface area contributed by atoms with E-state index in [1.165, 1.54) is 12.5 Å². The van der Waals surface area contributed by atoms with Crippen molar-refractivity contribution in [3.63, 3.8) is 0 Å². The number of rotatable bonds is 3. The van der Waals surface area contributed by atoms with Crippen LogP contribution in [-0.4, -0.2) is 10.7 Å². The van der Waals surface area contributed by atoms with Crippen molar-refractivity contribution in [3.8, 4) is 0 Å². The molecule has 1 fully saturated rings. The van der Waals surface area contributed by atoms with Crippen LogP contribution in [0.3, 0.4) is 0 Å². The van der Waals surface area contributed by atoms with E-state index in [4.69, 9.17) is 0 Å². The quantitative estimate of drug-likeness (QED) is 0.798.